The van der Waals surface area contributed by atoms with Crippen molar-refractivity contribution in [3.63, 3.8) is 0 Å². The van der Waals surface area contributed by atoms with Crippen LogP contribution in [0, 0.1) is 25.5 Å². The van der Waals surface area contributed by atoms with Gasteiger partial charge >= 0.3 is 0 Å². The molecule has 0 aliphatic carbocycles. The first kappa shape index (κ1) is 22.3. The largest absolute Gasteiger partial charge is 0.207 e. The first-order valence-electron chi connectivity index (χ1n) is 8.75. The van der Waals surface area contributed by atoms with E-state index >= 15 is 0 Å². The maximum atomic E-state index is 12.9. The van der Waals surface area contributed by atoms with Crippen LogP contribution >= 0.6 is 0 Å². The molecule has 24 heavy (non-hydrogen) atoms. The Bertz CT molecular complexity index is 517. The normalized spacial score (nSPS) is 10.0. The topological polar surface area (TPSA) is 0 Å². The fourth-order valence-corrected chi connectivity index (χ4v) is 2.80. The Kier molecular flexibility index (Phi) is 10.2. The van der Waals surface area contributed by atoms with Gasteiger partial charge in [-0.3, -0.25) is 0 Å². The van der Waals surface area contributed by atoms with Crippen LogP contribution in [0.15, 0.2) is 36.4 Å². The van der Waals surface area contributed by atoms with Crippen molar-refractivity contribution in [3.8, 4) is 0 Å². The Morgan fingerprint density at radius 2 is 0.958 bits per heavy atom. The molecule has 2 aromatic rings. The summed E-state index contributed by atoms with van der Waals surface area (Å²) in [6, 6.07) is 10.4. The molecular weight excluding hydrogens is 302 g/mol. The predicted octanol–water partition coefficient (Wildman–Crippen LogP) is 7.54. The van der Waals surface area contributed by atoms with Crippen LogP contribution in [0.3, 0.4) is 0 Å². The molecule has 2 aromatic carbocycles. The molecule has 0 atom stereocenters. The van der Waals surface area contributed by atoms with Crippen molar-refractivity contribution in [1.29, 1.82) is 0 Å². The van der Waals surface area contributed by atoms with E-state index < -0.39 is 11.6 Å². The van der Waals surface area contributed by atoms with E-state index in [2.05, 4.69) is 45.9 Å². The minimum Gasteiger partial charge on any atom is -0.207 e. The van der Waals surface area contributed by atoms with Crippen molar-refractivity contribution in [1.82, 2.24) is 0 Å². The second-order valence-corrected chi connectivity index (χ2v) is 6.25. The van der Waals surface area contributed by atoms with Gasteiger partial charge < -0.3 is 0 Å². The summed E-state index contributed by atoms with van der Waals surface area (Å²) in [5, 5.41) is 0. The van der Waals surface area contributed by atoms with Gasteiger partial charge in [0.15, 0.2) is 0 Å². The van der Waals surface area contributed by atoms with Gasteiger partial charge in [0, 0.05) is 5.56 Å². The zero-order chi connectivity index (χ0) is 18.9. The lowest BCUT2D eigenvalue weighted by Crippen LogP contribution is -1.96. The van der Waals surface area contributed by atoms with Crippen LogP contribution in [0.25, 0.3) is 0 Å². The quantitative estimate of drug-likeness (QED) is 0.532. The molecule has 0 heterocycles. The van der Waals surface area contributed by atoms with Crippen LogP contribution in [0.2, 0.25) is 0 Å². The third-order valence-corrected chi connectivity index (χ3v) is 3.70. The summed E-state index contributed by atoms with van der Waals surface area (Å²) in [6.07, 6.45) is 0. The Balaban J connectivity index is 0.000000400. The zero-order valence-electron chi connectivity index (χ0n) is 16.4. The summed E-state index contributed by atoms with van der Waals surface area (Å²) in [4.78, 5) is 0. The van der Waals surface area contributed by atoms with Crippen molar-refractivity contribution in [3.05, 3.63) is 70.3 Å². The van der Waals surface area contributed by atoms with Gasteiger partial charge in [-0.1, -0.05) is 65.8 Å². The zero-order valence-corrected chi connectivity index (χ0v) is 16.4. The number of halogens is 2. The third kappa shape index (κ3) is 6.43. The van der Waals surface area contributed by atoms with Crippen LogP contribution in [-0.2, 0) is 0 Å². The second kappa shape index (κ2) is 11.0. The summed E-state index contributed by atoms with van der Waals surface area (Å²) in [6.45, 7) is 16.4. The van der Waals surface area contributed by atoms with E-state index in [0.29, 0.717) is 5.92 Å². The number of aryl methyl sites for hydroxylation is 2. The van der Waals surface area contributed by atoms with Crippen LogP contribution in [0.1, 0.15) is 75.6 Å². The van der Waals surface area contributed by atoms with E-state index in [1.165, 1.54) is 34.9 Å². The van der Waals surface area contributed by atoms with Gasteiger partial charge in [-0.25, -0.2) is 8.78 Å². The van der Waals surface area contributed by atoms with Gasteiger partial charge in [0.1, 0.15) is 11.6 Å². The maximum Gasteiger partial charge on any atom is 0.129 e. The molecule has 2 rings (SSSR count). The van der Waals surface area contributed by atoms with E-state index in [-0.39, 0.29) is 11.5 Å². The fourth-order valence-electron chi connectivity index (χ4n) is 2.80. The smallest absolute Gasteiger partial charge is 0.129 e. The third-order valence-electron chi connectivity index (χ3n) is 3.70. The van der Waals surface area contributed by atoms with Crippen molar-refractivity contribution < 1.29 is 8.78 Å². The monoisotopic (exact) mass is 334 g/mol. The minimum atomic E-state index is -0.458. The molecule has 0 amide bonds. The van der Waals surface area contributed by atoms with Crippen LogP contribution in [0.5, 0.6) is 0 Å². The van der Waals surface area contributed by atoms with Crippen LogP contribution in [-0.4, -0.2) is 0 Å². The minimum absolute atomic E-state index is 0.101. The summed E-state index contributed by atoms with van der Waals surface area (Å²) >= 11 is 0. The van der Waals surface area contributed by atoms with Crippen molar-refractivity contribution in [2.75, 3.05) is 0 Å². The molecule has 0 radical (unpaired) electrons. The summed E-state index contributed by atoms with van der Waals surface area (Å²) in [7, 11) is 0. The molecule has 0 aromatic heterocycles. The molecule has 0 saturated carbocycles. The summed E-state index contributed by atoms with van der Waals surface area (Å²) in [5.41, 5.74) is 4.51. The van der Waals surface area contributed by atoms with E-state index in [1.807, 2.05) is 13.8 Å². The number of hydrogen-bond donors (Lipinski definition) is 0. The molecule has 0 bridgehead atoms. The van der Waals surface area contributed by atoms with Crippen molar-refractivity contribution in [2.45, 2.75) is 67.2 Å². The molecule has 0 saturated heterocycles. The highest BCUT2D eigenvalue weighted by atomic mass is 19.1. The number of hydrogen-bond acceptors (Lipinski definition) is 0. The molecule has 0 nitrogen and oxygen atoms in total. The standard InChI is InChI=1S/C11H16.C9H10F2.C2H6/c1-8(2)11-9(3)6-5-7-10(11)4;1-6(2)9-7(10)4-3-5-8(9)11;1-2/h5-8H,1-4H3;3-6H,1-2H3;1-2H3. The van der Waals surface area contributed by atoms with Gasteiger partial charge in [-0.2, -0.15) is 0 Å². The molecule has 2 heteroatoms. The molecule has 0 aliphatic heterocycles. The molecule has 0 spiro atoms. The van der Waals surface area contributed by atoms with Crippen LogP contribution in [0.4, 0.5) is 8.78 Å². The second-order valence-electron chi connectivity index (χ2n) is 6.25. The van der Waals surface area contributed by atoms with Gasteiger partial charge in [0.25, 0.3) is 0 Å². The highest BCUT2D eigenvalue weighted by Crippen LogP contribution is 2.22. The highest BCUT2D eigenvalue weighted by molar-refractivity contribution is 5.35. The molecule has 134 valence electrons. The maximum absolute atomic E-state index is 12.9. The molecule has 0 fully saturated rings. The van der Waals surface area contributed by atoms with E-state index in [0.717, 1.165) is 0 Å². The molecule has 0 aliphatic rings. The summed E-state index contributed by atoms with van der Waals surface area (Å²) < 4.78 is 25.7. The predicted molar refractivity (Wildman–Crippen MR) is 102 cm³/mol. The number of rotatable bonds is 2. The Morgan fingerprint density at radius 1 is 0.625 bits per heavy atom. The van der Waals surface area contributed by atoms with E-state index in [9.17, 15) is 8.78 Å². The Labute approximate surface area is 146 Å². The van der Waals surface area contributed by atoms with Crippen molar-refractivity contribution in [2.24, 2.45) is 0 Å². The fraction of sp³-hybridized carbons (Fsp3) is 0.455. The SMILES string of the molecule is CC.CC(C)c1c(F)cccc1F.Cc1cccc(C)c1C(C)C. The molecular formula is C22H32F2. The molecule has 0 unspecified atom stereocenters. The average Bonchev–Trinajstić information content (AvgIpc) is 2.49. The van der Waals surface area contributed by atoms with Crippen LogP contribution < -0.4 is 0 Å². The summed E-state index contributed by atoms with van der Waals surface area (Å²) in [5.74, 6) is -0.368. The number of benzene rings is 2. The lowest BCUT2D eigenvalue weighted by molar-refractivity contribution is 0.542. The van der Waals surface area contributed by atoms with Gasteiger partial charge in [-0.15, -0.1) is 0 Å². The van der Waals surface area contributed by atoms with Gasteiger partial charge in [0.05, 0.1) is 0 Å². The highest BCUT2D eigenvalue weighted by Gasteiger charge is 2.10. The Hall–Kier alpha value is -1.70. The molecule has 0 N–H and O–H groups in total. The Morgan fingerprint density at radius 3 is 1.21 bits per heavy atom. The van der Waals surface area contributed by atoms with E-state index in [4.69, 9.17) is 0 Å². The first-order chi connectivity index (χ1) is 11.3. The van der Waals surface area contributed by atoms with Gasteiger partial charge in [0.2, 0.25) is 0 Å². The van der Waals surface area contributed by atoms with Gasteiger partial charge in [-0.05, 0) is 54.5 Å². The van der Waals surface area contributed by atoms with E-state index in [1.54, 1.807) is 13.8 Å². The lowest BCUT2D eigenvalue weighted by atomic mass is 9.94. The van der Waals surface area contributed by atoms with Crippen molar-refractivity contribution >= 4 is 0 Å². The average molecular weight is 334 g/mol. The lowest BCUT2D eigenvalue weighted by Gasteiger charge is -2.12. The first-order valence-corrected chi connectivity index (χ1v) is 8.75.